The van der Waals surface area contributed by atoms with E-state index in [9.17, 15) is 19.1 Å². The summed E-state index contributed by atoms with van der Waals surface area (Å²) < 4.78 is 19.7. The highest BCUT2D eigenvalue weighted by atomic mass is 19.1. The van der Waals surface area contributed by atoms with Crippen molar-refractivity contribution in [2.75, 3.05) is 6.61 Å². The first-order valence-electron chi connectivity index (χ1n) is 10.8. The lowest BCUT2D eigenvalue weighted by Gasteiger charge is -2.16. The Morgan fingerprint density at radius 1 is 0.939 bits per heavy atom. The van der Waals surface area contributed by atoms with Crippen LogP contribution in [0.25, 0.3) is 11.1 Å². The minimum Gasteiger partial charge on any atom is -0.479 e. The van der Waals surface area contributed by atoms with Crippen molar-refractivity contribution in [3.8, 4) is 11.1 Å². The molecule has 0 aliphatic heterocycles. The third-order valence-corrected chi connectivity index (χ3v) is 5.73. The van der Waals surface area contributed by atoms with Crippen molar-refractivity contribution in [2.45, 2.75) is 24.8 Å². The Kier molecular flexibility index (Phi) is 6.83. The fourth-order valence-corrected chi connectivity index (χ4v) is 4.11. The lowest BCUT2D eigenvalue weighted by atomic mass is 9.98. The van der Waals surface area contributed by atoms with Gasteiger partial charge in [0.1, 0.15) is 6.61 Å². The van der Waals surface area contributed by atoms with Crippen LogP contribution in [0.2, 0.25) is 0 Å². The highest BCUT2D eigenvalue weighted by Crippen LogP contribution is 2.44. The van der Waals surface area contributed by atoms with Crippen LogP contribution in [-0.2, 0) is 16.0 Å². The summed E-state index contributed by atoms with van der Waals surface area (Å²) in [6, 6.07) is 23.6. The minimum absolute atomic E-state index is 0.0418. The van der Waals surface area contributed by atoms with Gasteiger partial charge in [-0.25, -0.2) is 14.0 Å². The monoisotopic (exact) mass is 445 g/mol. The molecule has 168 valence electrons. The topological polar surface area (TPSA) is 75.6 Å². The minimum atomic E-state index is -1.52. The number of carbonyl (C=O) groups is 2. The van der Waals surface area contributed by atoms with Crippen molar-refractivity contribution < 1.29 is 23.8 Å². The molecule has 1 aliphatic carbocycles. The van der Waals surface area contributed by atoms with Crippen LogP contribution in [0.3, 0.4) is 0 Å². The zero-order valence-electron chi connectivity index (χ0n) is 17.9. The zero-order chi connectivity index (χ0) is 23.2. The van der Waals surface area contributed by atoms with Gasteiger partial charge in [0.05, 0.1) is 5.83 Å². The van der Waals surface area contributed by atoms with Gasteiger partial charge in [-0.05, 0) is 40.3 Å². The molecule has 5 nitrogen and oxygen atoms in total. The van der Waals surface area contributed by atoms with Gasteiger partial charge in [0, 0.05) is 12.3 Å². The highest BCUT2D eigenvalue weighted by molar-refractivity contribution is 5.82. The van der Waals surface area contributed by atoms with Gasteiger partial charge in [0.25, 0.3) is 0 Å². The van der Waals surface area contributed by atoms with E-state index in [1.165, 1.54) is 0 Å². The van der Waals surface area contributed by atoms with Crippen molar-refractivity contribution in [3.05, 3.63) is 107 Å². The van der Waals surface area contributed by atoms with Gasteiger partial charge < -0.3 is 15.2 Å². The normalized spacial score (nSPS) is 13.7. The molecule has 4 rings (SSSR count). The van der Waals surface area contributed by atoms with Crippen molar-refractivity contribution in [2.24, 2.45) is 0 Å². The van der Waals surface area contributed by atoms with Crippen molar-refractivity contribution >= 4 is 12.1 Å². The first kappa shape index (κ1) is 22.3. The van der Waals surface area contributed by atoms with Gasteiger partial charge >= 0.3 is 12.1 Å². The van der Waals surface area contributed by atoms with Gasteiger partial charge in [-0.15, -0.1) is 0 Å². The molecular weight excluding hydrogens is 421 g/mol. The lowest BCUT2D eigenvalue weighted by Crippen LogP contribution is -2.40. The average Bonchev–Trinajstić information content (AvgIpc) is 3.15. The molecular formula is C27H24FNO4. The predicted molar refractivity (Wildman–Crippen MR) is 124 cm³/mol. The van der Waals surface area contributed by atoms with Crippen LogP contribution in [0.15, 0.2) is 90.8 Å². The summed E-state index contributed by atoms with van der Waals surface area (Å²) in [4.78, 5) is 23.9. The number of alkyl carbamates (subject to hydrolysis) is 1. The van der Waals surface area contributed by atoms with Crippen LogP contribution in [0.5, 0.6) is 0 Å². The van der Waals surface area contributed by atoms with Gasteiger partial charge in [-0.2, -0.15) is 0 Å². The van der Waals surface area contributed by atoms with Crippen LogP contribution < -0.4 is 5.32 Å². The molecule has 0 radical (unpaired) electrons. The summed E-state index contributed by atoms with van der Waals surface area (Å²) in [5, 5.41) is 11.7. The van der Waals surface area contributed by atoms with E-state index in [0.717, 1.165) is 33.9 Å². The highest BCUT2D eigenvalue weighted by Gasteiger charge is 2.29. The average molecular weight is 445 g/mol. The van der Waals surface area contributed by atoms with Gasteiger partial charge in [-0.3, -0.25) is 0 Å². The number of halogens is 1. The van der Waals surface area contributed by atoms with Crippen LogP contribution in [-0.4, -0.2) is 29.8 Å². The maximum Gasteiger partial charge on any atom is 0.408 e. The predicted octanol–water partition coefficient (Wildman–Crippen LogP) is 5.46. The second-order valence-corrected chi connectivity index (χ2v) is 7.88. The summed E-state index contributed by atoms with van der Waals surface area (Å²) in [5.41, 5.74) is 5.22. The third-order valence-electron chi connectivity index (χ3n) is 5.73. The Balaban J connectivity index is 1.37. The fraction of sp³-hybridized carbons (Fsp3) is 0.185. The molecule has 33 heavy (non-hydrogen) atoms. The molecule has 3 aromatic carbocycles. The number of ether oxygens (including phenoxy) is 1. The quantitative estimate of drug-likeness (QED) is 0.483. The molecule has 0 fully saturated rings. The number of aryl methyl sites for hydroxylation is 1. The maximum absolute atomic E-state index is 14.3. The summed E-state index contributed by atoms with van der Waals surface area (Å²) in [5.74, 6) is -2.12. The Labute approximate surface area is 191 Å². The second kappa shape index (κ2) is 10.1. The molecule has 6 heteroatoms. The van der Waals surface area contributed by atoms with E-state index in [-0.39, 0.29) is 18.9 Å². The summed E-state index contributed by atoms with van der Waals surface area (Å²) in [7, 11) is 0. The summed E-state index contributed by atoms with van der Waals surface area (Å²) >= 11 is 0. The molecule has 1 amide bonds. The molecule has 0 aromatic heterocycles. The largest absolute Gasteiger partial charge is 0.479 e. The van der Waals surface area contributed by atoms with Crippen LogP contribution in [0.4, 0.5) is 9.18 Å². The standard InChI is InChI=1S/C27H24FNO4/c28-19(15-14-18-8-2-1-3-9-18)16-25(26(30)31)29-27(32)33-17-24-22-12-6-4-10-20(22)21-11-5-7-13-23(21)24/h1-13,16,24-25H,14-15,17H2,(H,29,32)(H,30,31)/b19-16-. The Bertz CT molecular complexity index is 1130. The Morgan fingerprint density at radius 3 is 2.12 bits per heavy atom. The second-order valence-electron chi connectivity index (χ2n) is 7.88. The van der Waals surface area contributed by atoms with Gasteiger partial charge in [-0.1, -0.05) is 78.9 Å². The maximum atomic E-state index is 14.3. The first-order chi connectivity index (χ1) is 16.0. The number of carboxylic acid groups (broad SMARTS) is 1. The van der Waals surface area contributed by atoms with E-state index < -0.39 is 23.9 Å². The molecule has 2 N–H and O–H groups in total. The zero-order valence-corrected chi connectivity index (χ0v) is 17.9. The van der Waals surface area contributed by atoms with Gasteiger partial charge in [0.2, 0.25) is 0 Å². The number of aliphatic carboxylic acids is 1. The molecule has 0 saturated heterocycles. The number of benzene rings is 3. The van der Waals surface area contributed by atoms with Crippen molar-refractivity contribution in [1.82, 2.24) is 5.32 Å². The first-order valence-corrected chi connectivity index (χ1v) is 10.8. The van der Waals surface area contributed by atoms with Crippen LogP contribution >= 0.6 is 0 Å². The number of rotatable bonds is 8. The van der Waals surface area contributed by atoms with Crippen LogP contribution in [0, 0.1) is 0 Å². The van der Waals surface area contributed by atoms with Gasteiger partial charge in [0.15, 0.2) is 6.04 Å². The van der Waals surface area contributed by atoms with Crippen LogP contribution in [0.1, 0.15) is 29.0 Å². The third kappa shape index (κ3) is 5.29. The lowest BCUT2D eigenvalue weighted by molar-refractivity contribution is -0.138. The summed E-state index contributed by atoms with van der Waals surface area (Å²) in [6.07, 6.45) is 0.476. The number of allylic oxidation sites excluding steroid dienone is 1. The molecule has 3 aromatic rings. The number of amides is 1. The Morgan fingerprint density at radius 2 is 1.52 bits per heavy atom. The molecule has 0 spiro atoms. The number of nitrogens with one attached hydrogen (secondary N) is 1. The smallest absolute Gasteiger partial charge is 0.408 e. The number of hydrogen-bond acceptors (Lipinski definition) is 3. The van der Waals surface area contributed by atoms with E-state index in [2.05, 4.69) is 5.32 Å². The molecule has 0 saturated carbocycles. The molecule has 1 unspecified atom stereocenters. The fourth-order valence-electron chi connectivity index (χ4n) is 4.11. The molecule has 1 aliphatic rings. The Hall–Kier alpha value is -3.93. The molecule has 0 bridgehead atoms. The number of carbonyl (C=O) groups excluding carboxylic acids is 1. The molecule has 1 atom stereocenters. The van der Waals surface area contributed by atoms with E-state index in [0.29, 0.717) is 6.42 Å². The number of hydrogen-bond donors (Lipinski definition) is 2. The van der Waals surface area contributed by atoms with Crippen molar-refractivity contribution in [3.63, 3.8) is 0 Å². The van der Waals surface area contributed by atoms with E-state index in [4.69, 9.17) is 4.74 Å². The van der Waals surface area contributed by atoms with E-state index >= 15 is 0 Å². The van der Waals surface area contributed by atoms with Crippen molar-refractivity contribution in [1.29, 1.82) is 0 Å². The number of fused-ring (bicyclic) bond motifs is 3. The number of carboxylic acids is 1. The summed E-state index contributed by atoms with van der Waals surface area (Å²) in [6.45, 7) is 0.0480. The molecule has 0 heterocycles. The SMILES string of the molecule is O=C(NC(/C=C(\F)CCc1ccccc1)C(=O)O)OCC1c2ccccc2-c2ccccc21. The van der Waals surface area contributed by atoms with E-state index in [1.807, 2.05) is 78.9 Å². The van der Waals surface area contributed by atoms with E-state index in [1.54, 1.807) is 0 Å².